The zero-order valence-corrected chi connectivity index (χ0v) is 13.6. The summed E-state index contributed by atoms with van der Waals surface area (Å²) in [6.07, 6.45) is -1.30. The molecule has 3 nitrogen and oxygen atoms in total. The minimum atomic E-state index is -4.50. The van der Waals surface area contributed by atoms with Gasteiger partial charge >= 0.3 is 6.18 Å². The molecule has 0 spiro atoms. The fourth-order valence-electron chi connectivity index (χ4n) is 2.61. The Hall–Kier alpha value is -3.15. The summed E-state index contributed by atoms with van der Waals surface area (Å²) >= 11 is 0. The van der Waals surface area contributed by atoms with Crippen molar-refractivity contribution in [1.82, 2.24) is 10.3 Å². The van der Waals surface area contributed by atoms with Crippen LogP contribution in [0, 0.1) is 0 Å². The summed E-state index contributed by atoms with van der Waals surface area (Å²) in [5, 5.41) is 2.81. The van der Waals surface area contributed by atoms with Gasteiger partial charge in [-0.3, -0.25) is 9.78 Å². The van der Waals surface area contributed by atoms with Crippen molar-refractivity contribution in [1.29, 1.82) is 0 Å². The molecule has 0 aliphatic carbocycles. The Kier molecular flexibility index (Phi) is 5.02. The van der Waals surface area contributed by atoms with Gasteiger partial charge in [-0.1, -0.05) is 36.4 Å². The van der Waals surface area contributed by atoms with Gasteiger partial charge in [0, 0.05) is 18.0 Å². The minimum absolute atomic E-state index is 0.0465. The third-order valence-corrected chi connectivity index (χ3v) is 3.90. The Morgan fingerprint density at radius 2 is 1.54 bits per heavy atom. The molecule has 0 saturated carbocycles. The highest BCUT2D eigenvalue weighted by molar-refractivity contribution is 5.94. The van der Waals surface area contributed by atoms with Crippen LogP contribution in [0.4, 0.5) is 13.2 Å². The number of rotatable bonds is 4. The normalized spacial score (nSPS) is 12.4. The van der Waals surface area contributed by atoms with Crippen molar-refractivity contribution in [3.63, 3.8) is 0 Å². The Labute approximate surface area is 148 Å². The molecule has 2 aromatic carbocycles. The van der Waals surface area contributed by atoms with Crippen molar-refractivity contribution in [2.24, 2.45) is 0 Å². The smallest absolute Gasteiger partial charge is 0.341 e. The van der Waals surface area contributed by atoms with Crippen LogP contribution < -0.4 is 5.32 Å². The lowest BCUT2D eigenvalue weighted by atomic mass is 9.99. The molecule has 6 heteroatoms. The molecule has 0 aliphatic heterocycles. The first-order valence-corrected chi connectivity index (χ1v) is 7.88. The number of pyridine rings is 1. The monoisotopic (exact) mass is 356 g/mol. The number of hydrogen-bond donors (Lipinski definition) is 1. The quantitative estimate of drug-likeness (QED) is 0.741. The van der Waals surface area contributed by atoms with Crippen LogP contribution in [0.2, 0.25) is 0 Å². The summed E-state index contributed by atoms with van der Waals surface area (Å²) in [5.74, 6) is -0.582. The average Bonchev–Trinajstić information content (AvgIpc) is 2.67. The van der Waals surface area contributed by atoms with Crippen LogP contribution in [-0.4, -0.2) is 10.9 Å². The molecule has 0 saturated heterocycles. The van der Waals surface area contributed by atoms with Crippen LogP contribution in [0.25, 0.3) is 0 Å². The molecular weight excluding hydrogens is 341 g/mol. The molecule has 0 radical (unpaired) electrons. The van der Waals surface area contributed by atoms with E-state index in [1.54, 1.807) is 24.5 Å². The molecule has 1 N–H and O–H groups in total. The summed E-state index contributed by atoms with van der Waals surface area (Å²) in [5.41, 5.74) is 0.700. The number of nitrogens with zero attached hydrogens (tertiary/aromatic N) is 1. The first-order chi connectivity index (χ1) is 12.4. The molecule has 1 unspecified atom stereocenters. The first-order valence-electron chi connectivity index (χ1n) is 7.88. The highest BCUT2D eigenvalue weighted by Crippen LogP contribution is 2.30. The highest BCUT2D eigenvalue weighted by atomic mass is 19.4. The van der Waals surface area contributed by atoms with Crippen molar-refractivity contribution in [3.05, 3.63) is 101 Å². The zero-order valence-electron chi connectivity index (χ0n) is 13.6. The van der Waals surface area contributed by atoms with Gasteiger partial charge in [0.25, 0.3) is 5.91 Å². The minimum Gasteiger partial charge on any atom is -0.341 e. The maximum Gasteiger partial charge on any atom is 0.416 e. The van der Waals surface area contributed by atoms with Crippen LogP contribution in [-0.2, 0) is 6.18 Å². The van der Waals surface area contributed by atoms with Crippen molar-refractivity contribution in [3.8, 4) is 0 Å². The molecule has 1 amide bonds. The van der Waals surface area contributed by atoms with Gasteiger partial charge in [0.1, 0.15) is 0 Å². The van der Waals surface area contributed by atoms with E-state index in [1.165, 1.54) is 12.1 Å². The molecule has 3 rings (SSSR count). The van der Waals surface area contributed by atoms with Crippen molar-refractivity contribution in [2.75, 3.05) is 0 Å². The van der Waals surface area contributed by atoms with Gasteiger partial charge in [-0.25, -0.2) is 0 Å². The summed E-state index contributed by atoms with van der Waals surface area (Å²) in [6.45, 7) is 0. The lowest BCUT2D eigenvalue weighted by Crippen LogP contribution is -2.29. The number of amides is 1. The Morgan fingerprint density at radius 3 is 2.19 bits per heavy atom. The topological polar surface area (TPSA) is 42.0 Å². The van der Waals surface area contributed by atoms with Crippen molar-refractivity contribution >= 4 is 5.91 Å². The molecule has 1 heterocycles. The Balaban J connectivity index is 1.91. The van der Waals surface area contributed by atoms with Crippen LogP contribution in [0.5, 0.6) is 0 Å². The third kappa shape index (κ3) is 4.08. The molecule has 132 valence electrons. The Bertz CT molecular complexity index is 841. The van der Waals surface area contributed by atoms with Gasteiger partial charge in [-0.05, 0) is 41.5 Å². The fraction of sp³-hybridized carbons (Fsp3) is 0.100. The van der Waals surface area contributed by atoms with E-state index in [0.717, 1.165) is 23.3 Å². The van der Waals surface area contributed by atoms with E-state index < -0.39 is 23.7 Å². The van der Waals surface area contributed by atoms with Crippen molar-refractivity contribution in [2.45, 2.75) is 12.2 Å². The van der Waals surface area contributed by atoms with E-state index in [1.807, 2.05) is 30.3 Å². The molecule has 0 fully saturated rings. The van der Waals surface area contributed by atoms with Gasteiger partial charge in [-0.15, -0.1) is 0 Å². The number of benzene rings is 2. The molecule has 3 aromatic rings. The van der Waals surface area contributed by atoms with Crippen LogP contribution in [0.1, 0.15) is 33.1 Å². The number of hydrogen-bond acceptors (Lipinski definition) is 2. The van der Waals surface area contributed by atoms with Crippen LogP contribution in [0.15, 0.2) is 79.1 Å². The summed E-state index contributed by atoms with van der Waals surface area (Å²) in [4.78, 5) is 16.5. The molecule has 0 aliphatic rings. The average molecular weight is 356 g/mol. The molecular formula is C20H15F3N2O. The summed E-state index contributed by atoms with van der Waals surface area (Å²) < 4.78 is 38.7. The van der Waals surface area contributed by atoms with Gasteiger partial charge < -0.3 is 5.32 Å². The predicted molar refractivity (Wildman–Crippen MR) is 91.4 cm³/mol. The second-order valence-electron chi connectivity index (χ2n) is 5.68. The van der Waals surface area contributed by atoms with Gasteiger partial charge in [0.2, 0.25) is 0 Å². The van der Waals surface area contributed by atoms with Crippen LogP contribution >= 0.6 is 0 Å². The SMILES string of the molecule is O=C(NC(c1ccccc1)c1ccncc1)c1cccc(C(F)(F)F)c1. The number of carbonyl (C=O) groups excluding carboxylic acids is 1. The van der Waals surface area contributed by atoms with E-state index in [0.29, 0.717) is 0 Å². The molecule has 0 bridgehead atoms. The largest absolute Gasteiger partial charge is 0.416 e. The Morgan fingerprint density at radius 1 is 0.885 bits per heavy atom. The molecule has 1 aromatic heterocycles. The second-order valence-corrected chi connectivity index (χ2v) is 5.68. The summed E-state index contributed by atoms with van der Waals surface area (Å²) in [7, 11) is 0. The van der Waals surface area contributed by atoms with Gasteiger partial charge in [0.05, 0.1) is 11.6 Å². The number of aromatic nitrogens is 1. The number of halogens is 3. The van der Waals surface area contributed by atoms with E-state index in [2.05, 4.69) is 10.3 Å². The van der Waals surface area contributed by atoms with E-state index in [-0.39, 0.29) is 5.56 Å². The predicted octanol–water partition coefficient (Wildman–Crippen LogP) is 4.62. The van der Waals surface area contributed by atoms with Crippen molar-refractivity contribution < 1.29 is 18.0 Å². The van der Waals surface area contributed by atoms with Gasteiger partial charge in [0.15, 0.2) is 0 Å². The summed E-state index contributed by atoms with van der Waals surface area (Å²) in [6, 6.07) is 16.6. The highest BCUT2D eigenvalue weighted by Gasteiger charge is 2.31. The maximum atomic E-state index is 12.9. The number of carbonyl (C=O) groups is 1. The maximum absolute atomic E-state index is 12.9. The molecule has 26 heavy (non-hydrogen) atoms. The lowest BCUT2D eigenvalue weighted by molar-refractivity contribution is -0.137. The third-order valence-electron chi connectivity index (χ3n) is 3.90. The standard InChI is InChI=1S/C20H15F3N2O/c21-20(22,23)17-8-4-7-16(13-17)19(26)25-18(14-5-2-1-3-6-14)15-9-11-24-12-10-15/h1-13,18H,(H,25,26). The fourth-order valence-corrected chi connectivity index (χ4v) is 2.61. The lowest BCUT2D eigenvalue weighted by Gasteiger charge is -2.20. The number of nitrogens with one attached hydrogen (secondary N) is 1. The first kappa shape index (κ1) is 17.7. The van der Waals surface area contributed by atoms with E-state index in [4.69, 9.17) is 0 Å². The van der Waals surface area contributed by atoms with Crippen LogP contribution in [0.3, 0.4) is 0 Å². The molecule has 1 atom stereocenters. The zero-order chi connectivity index (χ0) is 18.6. The van der Waals surface area contributed by atoms with E-state index in [9.17, 15) is 18.0 Å². The van der Waals surface area contributed by atoms with Gasteiger partial charge in [-0.2, -0.15) is 13.2 Å². The number of alkyl halides is 3. The van der Waals surface area contributed by atoms with E-state index >= 15 is 0 Å². The second kappa shape index (κ2) is 7.39.